The third-order valence-corrected chi connectivity index (χ3v) is 8.51. The van der Waals surface area contributed by atoms with E-state index in [1.807, 2.05) is 0 Å². The van der Waals surface area contributed by atoms with Gasteiger partial charge in [-0.05, 0) is 31.3 Å². The first kappa shape index (κ1) is 18.2. The van der Waals surface area contributed by atoms with Crippen LogP contribution in [0.2, 0.25) is 0 Å². The number of sulfone groups is 2. The zero-order valence-corrected chi connectivity index (χ0v) is 13.4. The van der Waals surface area contributed by atoms with E-state index in [1.165, 1.54) is 18.2 Å². The van der Waals surface area contributed by atoms with Gasteiger partial charge < -0.3 is 0 Å². The van der Waals surface area contributed by atoms with Crippen molar-refractivity contribution >= 4 is 19.7 Å². The Morgan fingerprint density at radius 2 is 1.74 bits per heavy atom. The molecule has 2 rings (SSSR count). The van der Waals surface area contributed by atoms with Crippen LogP contribution in [0.1, 0.15) is 25.7 Å². The van der Waals surface area contributed by atoms with Crippen LogP contribution in [0.4, 0.5) is 17.6 Å². The van der Waals surface area contributed by atoms with Crippen molar-refractivity contribution < 1.29 is 34.4 Å². The molecule has 1 fully saturated rings. The number of allylic oxidation sites excluding steroid dienone is 5. The van der Waals surface area contributed by atoms with Crippen molar-refractivity contribution in [2.75, 3.05) is 0 Å². The third kappa shape index (κ3) is 3.37. The smallest absolute Gasteiger partial charge is 0.247 e. The Balaban J connectivity index is 2.65. The minimum absolute atomic E-state index is 0.117. The van der Waals surface area contributed by atoms with Gasteiger partial charge in [-0.2, -0.15) is 13.2 Å². The summed E-state index contributed by atoms with van der Waals surface area (Å²) in [6, 6.07) is 0. The van der Waals surface area contributed by atoms with Gasteiger partial charge in [0.1, 0.15) is 6.17 Å². The molecule has 0 aromatic carbocycles. The van der Waals surface area contributed by atoms with Gasteiger partial charge in [-0.1, -0.05) is 24.3 Å². The van der Waals surface area contributed by atoms with Crippen molar-refractivity contribution in [2.45, 2.75) is 42.6 Å². The molecule has 0 saturated heterocycles. The van der Waals surface area contributed by atoms with E-state index in [-0.39, 0.29) is 19.3 Å². The Labute approximate surface area is 131 Å². The highest BCUT2D eigenvalue weighted by Crippen LogP contribution is 2.40. The van der Waals surface area contributed by atoms with Crippen LogP contribution in [0.3, 0.4) is 0 Å². The van der Waals surface area contributed by atoms with Crippen LogP contribution in [0.15, 0.2) is 34.1 Å². The molecular weight excluding hydrogens is 360 g/mol. The predicted octanol–water partition coefficient (Wildman–Crippen LogP) is 2.95. The van der Waals surface area contributed by atoms with E-state index in [1.54, 1.807) is 0 Å². The van der Waals surface area contributed by atoms with Gasteiger partial charge in [0.05, 0.1) is 5.25 Å². The molecule has 23 heavy (non-hydrogen) atoms. The monoisotopic (exact) mass is 374 g/mol. The molecule has 2 atom stereocenters. The van der Waals surface area contributed by atoms with E-state index in [4.69, 9.17) is 0 Å². The van der Waals surface area contributed by atoms with Crippen LogP contribution < -0.4 is 0 Å². The molecule has 0 spiro atoms. The van der Waals surface area contributed by atoms with E-state index in [0.717, 1.165) is 6.08 Å². The first-order valence-corrected chi connectivity index (χ1v) is 9.76. The molecule has 2 unspecified atom stereocenters. The van der Waals surface area contributed by atoms with Crippen LogP contribution in [0.25, 0.3) is 0 Å². The zero-order valence-electron chi connectivity index (χ0n) is 11.8. The summed E-state index contributed by atoms with van der Waals surface area (Å²) in [5, 5.41) is -1.46. The van der Waals surface area contributed by atoms with E-state index in [0.29, 0.717) is 0 Å². The summed E-state index contributed by atoms with van der Waals surface area (Å²) in [5.41, 5.74) is -6.20. The average molecular weight is 374 g/mol. The van der Waals surface area contributed by atoms with Gasteiger partial charge in [0.2, 0.25) is 0 Å². The fourth-order valence-electron chi connectivity index (χ4n) is 2.60. The minimum Gasteiger partial charge on any atom is -0.247 e. The van der Waals surface area contributed by atoms with E-state index in [9.17, 15) is 34.4 Å². The van der Waals surface area contributed by atoms with Crippen LogP contribution in [0.5, 0.6) is 0 Å². The quantitative estimate of drug-likeness (QED) is 0.713. The molecule has 2 aliphatic rings. The van der Waals surface area contributed by atoms with Gasteiger partial charge in [-0.3, -0.25) is 0 Å². The molecule has 0 amide bonds. The molecule has 1 saturated carbocycles. The maximum Gasteiger partial charge on any atom is 0.502 e. The minimum atomic E-state index is -6.07. The summed E-state index contributed by atoms with van der Waals surface area (Å²) in [6.45, 7) is 0. The molecule has 0 aliphatic heterocycles. The van der Waals surface area contributed by atoms with E-state index >= 15 is 0 Å². The van der Waals surface area contributed by atoms with Gasteiger partial charge in [0.25, 0.3) is 9.84 Å². The van der Waals surface area contributed by atoms with E-state index in [2.05, 4.69) is 0 Å². The average Bonchev–Trinajstić information content (AvgIpc) is 2.85. The second kappa shape index (κ2) is 6.04. The third-order valence-electron chi connectivity index (χ3n) is 3.71. The largest absolute Gasteiger partial charge is 0.502 e. The van der Waals surface area contributed by atoms with E-state index < -0.39 is 52.8 Å². The fraction of sp³-hybridized carbons (Fsp3) is 0.538. The lowest BCUT2D eigenvalue weighted by Crippen LogP contribution is -2.33. The first-order chi connectivity index (χ1) is 10.5. The van der Waals surface area contributed by atoms with Crippen molar-refractivity contribution in [3.8, 4) is 0 Å². The fourth-order valence-corrected chi connectivity index (χ4v) is 6.95. The second-order valence-electron chi connectivity index (χ2n) is 5.33. The molecule has 4 nitrogen and oxygen atoms in total. The van der Waals surface area contributed by atoms with Crippen LogP contribution in [0, 0.1) is 0 Å². The topological polar surface area (TPSA) is 68.3 Å². The lowest BCUT2D eigenvalue weighted by molar-refractivity contribution is -0.0425. The van der Waals surface area contributed by atoms with Crippen molar-refractivity contribution in [2.24, 2.45) is 0 Å². The summed E-state index contributed by atoms with van der Waals surface area (Å²) in [4.78, 5) is 0. The highest BCUT2D eigenvalue weighted by molar-refractivity contribution is 8.15. The van der Waals surface area contributed by atoms with Crippen molar-refractivity contribution in [1.29, 1.82) is 0 Å². The molecule has 2 aliphatic carbocycles. The van der Waals surface area contributed by atoms with Crippen molar-refractivity contribution in [1.82, 2.24) is 0 Å². The lowest BCUT2D eigenvalue weighted by atomic mass is 10.1. The molecule has 0 radical (unpaired) electrons. The van der Waals surface area contributed by atoms with Crippen molar-refractivity contribution in [3.63, 3.8) is 0 Å². The molecule has 0 N–H and O–H groups in total. The van der Waals surface area contributed by atoms with Crippen molar-refractivity contribution in [3.05, 3.63) is 34.1 Å². The second-order valence-corrected chi connectivity index (χ2v) is 9.63. The summed E-state index contributed by atoms with van der Waals surface area (Å²) in [6.07, 6.45) is 2.56. The Morgan fingerprint density at radius 3 is 2.17 bits per heavy atom. The summed E-state index contributed by atoms with van der Waals surface area (Å²) < 4.78 is 99.1. The zero-order chi connectivity index (χ0) is 17.5. The lowest BCUT2D eigenvalue weighted by Gasteiger charge is -2.19. The summed E-state index contributed by atoms with van der Waals surface area (Å²) in [7, 11) is -10.9. The Morgan fingerprint density at radius 1 is 1.09 bits per heavy atom. The highest BCUT2D eigenvalue weighted by atomic mass is 32.3. The van der Waals surface area contributed by atoms with Crippen LogP contribution >= 0.6 is 0 Å². The summed E-state index contributed by atoms with van der Waals surface area (Å²) >= 11 is 0. The van der Waals surface area contributed by atoms with Crippen LogP contribution in [-0.4, -0.2) is 33.8 Å². The highest BCUT2D eigenvalue weighted by Gasteiger charge is 2.55. The maximum atomic E-state index is 13.3. The number of halogens is 4. The number of hydrogen-bond donors (Lipinski definition) is 0. The first-order valence-electron chi connectivity index (χ1n) is 6.73. The number of hydrogen-bond acceptors (Lipinski definition) is 4. The van der Waals surface area contributed by atoms with Gasteiger partial charge in [-0.15, -0.1) is 0 Å². The Kier molecular flexibility index (Phi) is 4.78. The summed E-state index contributed by atoms with van der Waals surface area (Å²) in [5.74, 6) is 0. The van der Waals surface area contributed by atoms with Gasteiger partial charge in [0, 0.05) is 0 Å². The maximum absolute atomic E-state index is 13.3. The Bertz CT molecular complexity index is 773. The number of rotatable bonds is 3. The Hall–Kier alpha value is -1.16. The molecule has 0 aromatic heterocycles. The molecule has 0 aromatic rings. The predicted molar refractivity (Wildman–Crippen MR) is 76.4 cm³/mol. The molecule has 0 heterocycles. The van der Waals surface area contributed by atoms with Crippen LogP contribution in [-0.2, 0) is 19.7 Å². The SMILES string of the molecule is O=S(=O)(C(=C1C=CC=CC1)S(=O)(=O)C(F)(F)F)C1CCC(F)C1. The molecule has 10 heteroatoms. The molecule has 0 bridgehead atoms. The van der Waals surface area contributed by atoms with Gasteiger partial charge in [-0.25, -0.2) is 21.2 Å². The molecule has 130 valence electrons. The number of alkyl halides is 4. The standard InChI is InChI=1S/C13H14F4O4S2/c14-10-6-7-11(8-10)22(18,19)12(9-4-2-1-3-5-9)23(20,21)13(15,16)17/h1-4,10-11H,5-8H2. The van der Waals surface area contributed by atoms with Gasteiger partial charge >= 0.3 is 5.51 Å². The van der Waals surface area contributed by atoms with Gasteiger partial charge in [0.15, 0.2) is 14.1 Å². The molecular formula is C13H14F4O4S2. The normalized spacial score (nSPS) is 28.2.